The van der Waals surface area contributed by atoms with Crippen LogP contribution in [-0.4, -0.2) is 52.1 Å². The number of hydrogen-bond acceptors (Lipinski definition) is 7. The topological polar surface area (TPSA) is 98.1 Å². The third-order valence-corrected chi connectivity index (χ3v) is 5.83. The molecule has 0 aliphatic carbocycles. The highest BCUT2D eigenvalue weighted by molar-refractivity contribution is 7.99. The van der Waals surface area contributed by atoms with Gasteiger partial charge in [-0.2, -0.15) is 0 Å². The standard InChI is InChI=1S/C14H15N5O3S2/c1-18-14(15-16-17-18)23-9-13(20)19(11-5-3-2-4-6-11)12-7-8-24(21,22)10-12/h2-8,12H,9-10H2,1H3/t12-/m1/s1. The molecule has 0 N–H and O–H groups in total. The van der Waals surface area contributed by atoms with E-state index in [2.05, 4.69) is 15.5 Å². The summed E-state index contributed by atoms with van der Waals surface area (Å²) in [6, 6.07) is 8.51. The van der Waals surface area contributed by atoms with Gasteiger partial charge in [-0.3, -0.25) is 4.79 Å². The summed E-state index contributed by atoms with van der Waals surface area (Å²) in [5.41, 5.74) is 0.658. The Morgan fingerprint density at radius 3 is 2.71 bits per heavy atom. The number of sulfone groups is 1. The van der Waals surface area contributed by atoms with Gasteiger partial charge in [-0.25, -0.2) is 13.1 Å². The Balaban J connectivity index is 1.81. The summed E-state index contributed by atoms with van der Waals surface area (Å²) in [6.45, 7) is 0. The highest BCUT2D eigenvalue weighted by atomic mass is 32.2. The normalized spacial score (nSPS) is 18.6. The monoisotopic (exact) mass is 365 g/mol. The van der Waals surface area contributed by atoms with Crippen LogP contribution in [0.5, 0.6) is 0 Å². The lowest BCUT2D eigenvalue weighted by molar-refractivity contribution is -0.116. The number of hydrogen-bond donors (Lipinski definition) is 0. The van der Waals surface area contributed by atoms with Crippen LogP contribution >= 0.6 is 11.8 Å². The second-order valence-electron chi connectivity index (χ2n) is 5.20. The fourth-order valence-corrected chi connectivity index (χ4v) is 4.35. The van der Waals surface area contributed by atoms with E-state index in [1.165, 1.54) is 26.8 Å². The Morgan fingerprint density at radius 1 is 1.38 bits per heavy atom. The van der Waals surface area contributed by atoms with Crippen LogP contribution in [-0.2, 0) is 21.7 Å². The minimum Gasteiger partial charge on any atom is -0.304 e. The van der Waals surface area contributed by atoms with Gasteiger partial charge in [0, 0.05) is 18.1 Å². The van der Waals surface area contributed by atoms with Crippen molar-refractivity contribution in [2.75, 3.05) is 16.4 Å². The summed E-state index contributed by atoms with van der Waals surface area (Å²) in [5, 5.41) is 12.8. The number of carbonyl (C=O) groups excluding carboxylic acids is 1. The van der Waals surface area contributed by atoms with Crippen LogP contribution in [0.25, 0.3) is 0 Å². The van der Waals surface area contributed by atoms with Crippen molar-refractivity contribution in [3.8, 4) is 0 Å². The average Bonchev–Trinajstić information content (AvgIpc) is 3.12. The summed E-state index contributed by atoms with van der Waals surface area (Å²) in [6.07, 6.45) is 1.55. The lowest BCUT2D eigenvalue weighted by Crippen LogP contribution is -2.42. The smallest absolute Gasteiger partial charge is 0.238 e. The van der Waals surface area contributed by atoms with Crippen molar-refractivity contribution in [3.63, 3.8) is 0 Å². The van der Waals surface area contributed by atoms with Gasteiger partial charge < -0.3 is 4.90 Å². The molecule has 1 aromatic heterocycles. The Kier molecular flexibility index (Phi) is 4.67. The van der Waals surface area contributed by atoms with Crippen molar-refractivity contribution in [2.45, 2.75) is 11.2 Å². The number of carbonyl (C=O) groups is 1. The molecule has 0 fully saturated rings. The lowest BCUT2D eigenvalue weighted by atomic mass is 10.2. The molecule has 126 valence electrons. The van der Waals surface area contributed by atoms with E-state index in [0.717, 1.165) is 0 Å². The van der Waals surface area contributed by atoms with Crippen LogP contribution in [0.15, 0.2) is 47.0 Å². The van der Waals surface area contributed by atoms with E-state index in [9.17, 15) is 13.2 Å². The van der Waals surface area contributed by atoms with Crippen LogP contribution in [0, 0.1) is 0 Å². The van der Waals surface area contributed by atoms with E-state index in [1.54, 1.807) is 25.3 Å². The molecule has 0 bridgehead atoms. The molecule has 1 amide bonds. The Labute approximate surface area is 143 Å². The van der Waals surface area contributed by atoms with Gasteiger partial charge in [0.05, 0.1) is 17.5 Å². The number of anilines is 1. The number of rotatable bonds is 5. The quantitative estimate of drug-likeness (QED) is 0.717. The Morgan fingerprint density at radius 2 is 2.12 bits per heavy atom. The molecular weight excluding hydrogens is 350 g/mol. The SMILES string of the molecule is Cn1nnnc1SCC(=O)N(c1ccccc1)[C@@H]1C=CS(=O)(=O)C1. The highest BCUT2D eigenvalue weighted by Gasteiger charge is 2.31. The second-order valence-corrected chi connectivity index (χ2v) is 8.07. The van der Waals surface area contributed by atoms with Gasteiger partial charge in [0.25, 0.3) is 0 Å². The maximum atomic E-state index is 12.7. The highest BCUT2D eigenvalue weighted by Crippen LogP contribution is 2.24. The largest absolute Gasteiger partial charge is 0.304 e. The van der Waals surface area contributed by atoms with Crippen molar-refractivity contribution in [2.24, 2.45) is 7.05 Å². The molecule has 1 atom stereocenters. The van der Waals surface area contributed by atoms with Crippen molar-refractivity contribution in [1.82, 2.24) is 20.2 Å². The molecule has 0 unspecified atom stereocenters. The van der Waals surface area contributed by atoms with Gasteiger partial charge in [-0.15, -0.1) is 5.10 Å². The number of aryl methyl sites for hydroxylation is 1. The predicted molar refractivity (Wildman–Crippen MR) is 90.2 cm³/mol. The minimum absolute atomic E-state index is 0.105. The third-order valence-electron chi connectivity index (χ3n) is 3.45. The molecule has 0 spiro atoms. The van der Waals surface area contributed by atoms with E-state index in [0.29, 0.717) is 10.8 Å². The Bertz CT molecular complexity index is 864. The van der Waals surface area contributed by atoms with Gasteiger partial charge >= 0.3 is 0 Å². The number of para-hydroxylation sites is 1. The van der Waals surface area contributed by atoms with E-state index in [1.807, 2.05) is 18.2 Å². The maximum absolute atomic E-state index is 12.7. The number of amides is 1. The number of benzene rings is 1. The fourth-order valence-electron chi connectivity index (χ4n) is 2.37. The first kappa shape index (κ1) is 16.7. The van der Waals surface area contributed by atoms with E-state index >= 15 is 0 Å². The van der Waals surface area contributed by atoms with Crippen molar-refractivity contribution >= 4 is 33.2 Å². The molecule has 2 heterocycles. The zero-order chi connectivity index (χ0) is 17.2. The number of thioether (sulfide) groups is 1. The molecule has 3 rings (SSSR count). The molecule has 10 heteroatoms. The first-order chi connectivity index (χ1) is 11.5. The zero-order valence-electron chi connectivity index (χ0n) is 12.8. The van der Waals surface area contributed by atoms with Crippen LogP contribution in [0.3, 0.4) is 0 Å². The van der Waals surface area contributed by atoms with Gasteiger partial charge in [0.1, 0.15) is 0 Å². The molecule has 0 radical (unpaired) electrons. The first-order valence-electron chi connectivity index (χ1n) is 7.09. The van der Waals surface area contributed by atoms with Crippen molar-refractivity contribution in [3.05, 3.63) is 41.8 Å². The molecule has 0 saturated carbocycles. The summed E-state index contributed by atoms with van der Waals surface area (Å²) >= 11 is 1.21. The second kappa shape index (κ2) is 6.73. The molecular formula is C14H15N5O3S2. The molecule has 0 saturated heterocycles. The zero-order valence-corrected chi connectivity index (χ0v) is 14.4. The summed E-state index contributed by atoms with van der Waals surface area (Å²) in [7, 11) is -1.58. The molecule has 2 aromatic rings. The van der Waals surface area contributed by atoms with Crippen LogP contribution < -0.4 is 4.90 Å². The molecule has 1 aromatic carbocycles. The summed E-state index contributed by atoms with van der Waals surface area (Å²) in [4.78, 5) is 14.3. The van der Waals surface area contributed by atoms with Crippen molar-refractivity contribution in [1.29, 1.82) is 0 Å². The molecule has 8 nitrogen and oxygen atoms in total. The fraction of sp³-hybridized carbons (Fsp3) is 0.286. The van der Waals surface area contributed by atoms with Crippen LogP contribution in [0.1, 0.15) is 0 Å². The van der Waals surface area contributed by atoms with Crippen LogP contribution in [0.2, 0.25) is 0 Å². The van der Waals surface area contributed by atoms with E-state index in [4.69, 9.17) is 0 Å². The average molecular weight is 365 g/mol. The van der Waals surface area contributed by atoms with Gasteiger partial charge in [0.2, 0.25) is 11.1 Å². The van der Waals surface area contributed by atoms with E-state index < -0.39 is 15.9 Å². The van der Waals surface area contributed by atoms with Crippen LogP contribution in [0.4, 0.5) is 5.69 Å². The first-order valence-corrected chi connectivity index (χ1v) is 9.79. The number of nitrogens with zero attached hydrogens (tertiary/aromatic N) is 5. The van der Waals surface area contributed by atoms with Crippen molar-refractivity contribution < 1.29 is 13.2 Å². The third kappa shape index (κ3) is 3.65. The molecule has 1 aliphatic heterocycles. The number of tetrazole rings is 1. The molecule has 24 heavy (non-hydrogen) atoms. The Hall–Kier alpha value is -2.20. The lowest BCUT2D eigenvalue weighted by Gasteiger charge is -2.27. The molecule has 1 aliphatic rings. The maximum Gasteiger partial charge on any atom is 0.238 e. The summed E-state index contributed by atoms with van der Waals surface area (Å²) < 4.78 is 24.9. The van der Waals surface area contributed by atoms with E-state index in [-0.39, 0.29) is 17.4 Å². The minimum atomic E-state index is -3.26. The number of aromatic nitrogens is 4. The van der Waals surface area contributed by atoms with Gasteiger partial charge in [-0.1, -0.05) is 30.0 Å². The summed E-state index contributed by atoms with van der Waals surface area (Å²) in [5.74, 6) is -0.210. The van der Waals surface area contributed by atoms with Gasteiger partial charge in [0.15, 0.2) is 9.84 Å². The van der Waals surface area contributed by atoms with Gasteiger partial charge in [-0.05, 0) is 28.6 Å². The predicted octanol–water partition coefficient (Wildman–Crippen LogP) is 0.646.